The molecule has 0 fully saturated rings. The normalized spacial score (nSPS) is 12.2. The Morgan fingerprint density at radius 2 is 1.91 bits per heavy atom. The smallest absolute Gasteiger partial charge is 0.387 e. The van der Waals surface area contributed by atoms with Crippen molar-refractivity contribution in [3.05, 3.63) is 63.0 Å². The summed E-state index contributed by atoms with van der Waals surface area (Å²) in [5.74, 6) is -2.57. The number of carboxylic acids is 1. The van der Waals surface area contributed by atoms with E-state index in [1.807, 2.05) is 0 Å². The number of halogens is 5. The monoisotopic (exact) mass is 487 g/mol. The molecule has 1 aromatic heterocycles. The van der Waals surface area contributed by atoms with Gasteiger partial charge < -0.3 is 14.6 Å². The maximum absolute atomic E-state index is 14.6. The van der Waals surface area contributed by atoms with Gasteiger partial charge in [-0.05, 0) is 43.2 Å². The van der Waals surface area contributed by atoms with Gasteiger partial charge in [-0.3, -0.25) is 0 Å². The molecule has 0 aliphatic heterocycles. The highest BCUT2D eigenvalue weighted by atomic mass is 35.5. The zero-order valence-electron chi connectivity index (χ0n) is 17.0. The van der Waals surface area contributed by atoms with E-state index in [1.165, 1.54) is 13.0 Å². The van der Waals surface area contributed by atoms with Crippen LogP contribution in [0.25, 0.3) is 10.9 Å². The average molecular weight is 488 g/mol. The van der Waals surface area contributed by atoms with Crippen molar-refractivity contribution in [2.45, 2.75) is 39.4 Å². The molecular formula is C22H18Cl2F3NO4. The predicted molar refractivity (Wildman–Crippen MR) is 115 cm³/mol. The van der Waals surface area contributed by atoms with Crippen LogP contribution in [0.4, 0.5) is 13.2 Å². The minimum Gasteiger partial charge on any atom is -0.479 e. The first kappa shape index (κ1) is 23.9. The topological polar surface area (TPSA) is 68.7 Å². The van der Waals surface area contributed by atoms with Gasteiger partial charge in [0.05, 0.1) is 5.39 Å². The number of rotatable bonds is 8. The van der Waals surface area contributed by atoms with E-state index in [1.54, 1.807) is 19.1 Å². The van der Waals surface area contributed by atoms with Crippen molar-refractivity contribution in [1.82, 2.24) is 4.98 Å². The van der Waals surface area contributed by atoms with Gasteiger partial charge >= 0.3 is 12.6 Å². The number of aliphatic carboxylic acids is 1. The number of aromatic nitrogens is 1. The Kier molecular flexibility index (Phi) is 7.36. The average Bonchev–Trinajstić information content (AvgIpc) is 2.72. The molecule has 0 spiro atoms. The molecule has 1 atom stereocenters. The molecule has 5 nitrogen and oxygen atoms in total. The predicted octanol–water partition coefficient (Wildman–Crippen LogP) is 6.29. The summed E-state index contributed by atoms with van der Waals surface area (Å²) < 4.78 is 51.8. The zero-order valence-corrected chi connectivity index (χ0v) is 18.5. The molecule has 0 aliphatic carbocycles. The van der Waals surface area contributed by atoms with E-state index in [2.05, 4.69) is 4.98 Å². The van der Waals surface area contributed by atoms with Crippen molar-refractivity contribution in [3.8, 4) is 11.5 Å². The number of hydrogen-bond donors (Lipinski definition) is 1. The van der Waals surface area contributed by atoms with Crippen molar-refractivity contribution in [3.63, 3.8) is 0 Å². The molecule has 10 heteroatoms. The zero-order chi connectivity index (χ0) is 23.6. The van der Waals surface area contributed by atoms with Crippen LogP contribution in [0, 0.1) is 5.82 Å². The summed E-state index contributed by atoms with van der Waals surface area (Å²) in [5, 5.41) is 9.70. The molecule has 2 aromatic carbocycles. The van der Waals surface area contributed by atoms with Gasteiger partial charge in [-0.1, -0.05) is 36.2 Å². The molecular weight excluding hydrogens is 470 g/mol. The molecule has 0 saturated heterocycles. The van der Waals surface area contributed by atoms with Crippen LogP contribution in [0.3, 0.4) is 0 Å². The van der Waals surface area contributed by atoms with Crippen LogP contribution in [0.2, 0.25) is 10.0 Å². The Bertz CT molecular complexity index is 1170. The molecule has 3 rings (SSSR count). The van der Waals surface area contributed by atoms with Gasteiger partial charge in [-0.25, -0.2) is 14.2 Å². The lowest BCUT2D eigenvalue weighted by Crippen LogP contribution is -2.23. The first-order valence-corrected chi connectivity index (χ1v) is 10.3. The Balaban J connectivity index is 2.32. The van der Waals surface area contributed by atoms with E-state index in [0.29, 0.717) is 21.3 Å². The van der Waals surface area contributed by atoms with Crippen molar-refractivity contribution in [2.75, 3.05) is 0 Å². The SMILES string of the molecule is CCc1nc2c(F)ccc(OC(C)C(=O)O)c2c(OC(F)F)c1Cc1ccc(Cl)cc1Cl. The molecule has 0 radical (unpaired) electrons. The van der Waals surface area contributed by atoms with Crippen molar-refractivity contribution >= 4 is 40.1 Å². The number of pyridine rings is 1. The third kappa shape index (κ3) is 5.02. The van der Waals surface area contributed by atoms with E-state index in [0.717, 1.165) is 12.1 Å². The molecule has 170 valence electrons. The molecule has 0 saturated carbocycles. The third-order valence-corrected chi connectivity index (χ3v) is 5.35. The van der Waals surface area contributed by atoms with Crippen LogP contribution in [-0.4, -0.2) is 28.8 Å². The van der Waals surface area contributed by atoms with Crippen LogP contribution in [0.5, 0.6) is 11.5 Å². The molecule has 0 aliphatic rings. The summed E-state index contributed by atoms with van der Waals surface area (Å²) >= 11 is 12.2. The van der Waals surface area contributed by atoms with Gasteiger partial charge in [0.1, 0.15) is 22.8 Å². The highest BCUT2D eigenvalue weighted by molar-refractivity contribution is 6.35. The number of benzene rings is 2. The molecule has 1 unspecified atom stereocenters. The first-order valence-electron chi connectivity index (χ1n) is 9.54. The summed E-state index contributed by atoms with van der Waals surface area (Å²) in [4.78, 5) is 15.6. The summed E-state index contributed by atoms with van der Waals surface area (Å²) in [7, 11) is 0. The third-order valence-electron chi connectivity index (χ3n) is 4.76. The van der Waals surface area contributed by atoms with Gasteiger partial charge in [-0.2, -0.15) is 8.78 Å². The highest BCUT2D eigenvalue weighted by Crippen LogP contribution is 2.41. The first-order chi connectivity index (χ1) is 15.1. The van der Waals surface area contributed by atoms with Crippen LogP contribution in [0.1, 0.15) is 30.7 Å². The van der Waals surface area contributed by atoms with E-state index >= 15 is 0 Å². The number of carbonyl (C=O) groups is 1. The number of aryl methyl sites for hydroxylation is 1. The fourth-order valence-electron chi connectivity index (χ4n) is 3.25. The number of ether oxygens (including phenoxy) is 2. The maximum Gasteiger partial charge on any atom is 0.387 e. The van der Waals surface area contributed by atoms with Gasteiger partial charge in [0.15, 0.2) is 6.10 Å². The minimum atomic E-state index is -3.24. The lowest BCUT2D eigenvalue weighted by molar-refractivity contribution is -0.144. The van der Waals surface area contributed by atoms with Gasteiger partial charge in [0, 0.05) is 27.7 Å². The van der Waals surface area contributed by atoms with Crippen molar-refractivity contribution in [2.24, 2.45) is 0 Å². The summed E-state index contributed by atoms with van der Waals surface area (Å²) in [6.45, 7) is -0.247. The summed E-state index contributed by atoms with van der Waals surface area (Å²) in [6.07, 6.45) is -1.01. The van der Waals surface area contributed by atoms with Crippen molar-refractivity contribution in [1.29, 1.82) is 0 Å². The molecule has 0 amide bonds. The number of alkyl halides is 2. The van der Waals surface area contributed by atoms with Crippen LogP contribution in [0.15, 0.2) is 30.3 Å². The maximum atomic E-state index is 14.6. The van der Waals surface area contributed by atoms with Crippen LogP contribution in [-0.2, 0) is 17.6 Å². The Hall–Kier alpha value is -2.71. The summed E-state index contributed by atoms with van der Waals surface area (Å²) in [6, 6.07) is 6.92. The quantitative estimate of drug-likeness (QED) is 0.404. The second kappa shape index (κ2) is 9.83. The largest absolute Gasteiger partial charge is 0.479 e. The van der Waals surface area contributed by atoms with E-state index in [4.69, 9.17) is 32.7 Å². The minimum absolute atomic E-state index is 0.0363. The van der Waals surface area contributed by atoms with Crippen LogP contribution >= 0.6 is 23.2 Å². The van der Waals surface area contributed by atoms with Gasteiger partial charge in [-0.15, -0.1) is 0 Å². The number of carboxylic acid groups (broad SMARTS) is 1. The van der Waals surface area contributed by atoms with E-state index < -0.39 is 24.5 Å². The fraction of sp³-hybridized carbons (Fsp3) is 0.273. The Labute approximate surface area is 191 Å². The fourth-order valence-corrected chi connectivity index (χ4v) is 3.72. The molecule has 1 heterocycles. The summed E-state index contributed by atoms with van der Waals surface area (Å²) in [5.41, 5.74) is 0.867. The number of fused-ring (bicyclic) bond motifs is 1. The molecule has 1 N–H and O–H groups in total. The lowest BCUT2D eigenvalue weighted by Gasteiger charge is -2.20. The Morgan fingerprint density at radius 3 is 2.50 bits per heavy atom. The number of nitrogens with zero attached hydrogens (tertiary/aromatic N) is 1. The second-order valence-corrected chi connectivity index (χ2v) is 7.72. The van der Waals surface area contributed by atoms with Gasteiger partial charge in [0.25, 0.3) is 0 Å². The van der Waals surface area contributed by atoms with E-state index in [9.17, 15) is 23.1 Å². The molecule has 0 bridgehead atoms. The lowest BCUT2D eigenvalue weighted by atomic mass is 9.98. The molecule has 3 aromatic rings. The van der Waals surface area contributed by atoms with E-state index in [-0.39, 0.29) is 40.8 Å². The highest BCUT2D eigenvalue weighted by Gasteiger charge is 2.26. The number of hydrogen-bond acceptors (Lipinski definition) is 4. The van der Waals surface area contributed by atoms with Crippen LogP contribution < -0.4 is 9.47 Å². The molecule has 32 heavy (non-hydrogen) atoms. The standard InChI is InChI=1S/C22H18Cl2F3NO4/c1-3-16-13(8-11-4-5-12(23)9-14(11)24)20(32-22(26)27)18-17(31-10(2)21(29)30)7-6-15(25)19(18)28-16/h4-7,9-10,22H,3,8H2,1-2H3,(H,29,30). The second-order valence-electron chi connectivity index (χ2n) is 6.88. The Morgan fingerprint density at radius 1 is 1.19 bits per heavy atom. The van der Waals surface area contributed by atoms with Gasteiger partial charge in [0.2, 0.25) is 0 Å². The van der Waals surface area contributed by atoms with Crippen molar-refractivity contribution < 1.29 is 32.5 Å².